The number of nitro groups is 1. The van der Waals surface area contributed by atoms with Crippen LogP contribution in [0.5, 0.6) is 0 Å². The number of nitrogens with zero attached hydrogens (tertiary/aromatic N) is 1. The van der Waals surface area contributed by atoms with Crippen molar-refractivity contribution < 1.29 is 4.92 Å². The number of nitrogens with one attached hydrogen (secondary N) is 1. The number of nitro benzene ring substituents is 1. The minimum Gasteiger partial charge on any atom is -0.379 e. The van der Waals surface area contributed by atoms with E-state index in [4.69, 9.17) is 5.73 Å². The first-order valence-electron chi connectivity index (χ1n) is 5.40. The number of hydrogen-bond donors (Lipinski definition) is 2. The summed E-state index contributed by atoms with van der Waals surface area (Å²) < 4.78 is 0. The summed E-state index contributed by atoms with van der Waals surface area (Å²) in [6.45, 7) is 3.21. The predicted octanol–water partition coefficient (Wildman–Crippen LogP) is 2.34. The summed E-state index contributed by atoms with van der Waals surface area (Å²) in [5.41, 5.74) is 7.03. The predicted molar refractivity (Wildman–Crippen MR) is 71.9 cm³/mol. The molecule has 1 rings (SSSR count). The van der Waals surface area contributed by atoms with Crippen LogP contribution in [0.25, 0.3) is 0 Å². The molecule has 0 spiro atoms. The molecule has 1 aromatic rings. The molecule has 0 saturated carbocycles. The molecular weight excluding hydrogens is 242 g/mol. The maximum absolute atomic E-state index is 10.9. The van der Waals surface area contributed by atoms with Crippen molar-refractivity contribution in [1.29, 1.82) is 0 Å². The first kappa shape index (κ1) is 15.7. The van der Waals surface area contributed by atoms with Gasteiger partial charge in [0.05, 0.1) is 4.92 Å². The standard InChI is InChI=1S/C11H17N3O2.ClH/c1-2-9-4-5-10(13-7-3-6-12)11(8-9)14(15)16;/h4-5,8,13H,2-3,6-7,12H2,1H3;1H. The molecule has 0 aromatic heterocycles. The molecule has 5 nitrogen and oxygen atoms in total. The number of nitrogens with two attached hydrogens (primary N) is 1. The monoisotopic (exact) mass is 259 g/mol. The van der Waals surface area contributed by atoms with Crippen LogP contribution >= 0.6 is 12.4 Å². The van der Waals surface area contributed by atoms with Gasteiger partial charge < -0.3 is 11.1 Å². The van der Waals surface area contributed by atoms with E-state index in [2.05, 4.69) is 5.32 Å². The van der Waals surface area contributed by atoms with Gasteiger partial charge in [0, 0.05) is 12.6 Å². The van der Waals surface area contributed by atoms with Gasteiger partial charge in [0.15, 0.2) is 0 Å². The second-order valence-electron chi connectivity index (χ2n) is 3.53. The minimum atomic E-state index is -0.357. The summed E-state index contributed by atoms with van der Waals surface area (Å²) in [5, 5.41) is 13.9. The van der Waals surface area contributed by atoms with Crippen LogP contribution in [0.2, 0.25) is 0 Å². The van der Waals surface area contributed by atoms with Crippen molar-refractivity contribution >= 4 is 23.8 Å². The summed E-state index contributed by atoms with van der Waals surface area (Å²) >= 11 is 0. The lowest BCUT2D eigenvalue weighted by atomic mass is 10.1. The lowest BCUT2D eigenvalue weighted by molar-refractivity contribution is -0.384. The molecule has 0 radical (unpaired) electrons. The first-order valence-corrected chi connectivity index (χ1v) is 5.40. The fourth-order valence-electron chi connectivity index (χ4n) is 1.42. The Hall–Kier alpha value is -1.33. The number of hydrogen-bond acceptors (Lipinski definition) is 4. The van der Waals surface area contributed by atoms with E-state index in [0.717, 1.165) is 18.4 Å². The molecule has 0 aliphatic carbocycles. The lowest BCUT2D eigenvalue weighted by Gasteiger charge is -2.07. The fourth-order valence-corrected chi connectivity index (χ4v) is 1.42. The average Bonchev–Trinajstić information content (AvgIpc) is 2.29. The Morgan fingerprint density at radius 1 is 1.47 bits per heavy atom. The van der Waals surface area contributed by atoms with Crippen LogP contribution < -0.4 is 11.1 Å². The zero-order valence-electron chi connectivity index (χ0n) is 9.81. The van der Waals surface area contributed by atoms with Gasteiger partial charge in [0.25, 0.3) is 5.69 Å². The number of halogens is 1. The van der Waals surface area contributed by atoms with Crippen molar-refractivity contribution in [1.82, 2.24) is 0 Å². The van der Waals surface area contributed by atoms with Crippen molar-refractivity contribution in [2.75, 3.05) is 18.4 Å². The molecule has 0 atom stereocenters. The van der Waals surface area contributed by atoms with Crippen molar-refractivity contribution in [2.45, 2.75) is 19.8 Å². The third kappa shape index (κ3) is 4.58. The number of rotatable bonds is 6. The van der Waals surface area contributed by atoms with Gasteiger partial charge >= 0.3 is 0 Å². The molecule has 0 saturated heterocycles. The number of anilines is 1. The van der Waals surface area contributed by atoms with E-state index in [0.29, 0.717) is 18.8 Å². The van der Waals surface area contributed by atoms with Gasteiger partial charge in [-0.3, -0.25) is 10.1 Å². The summed E-state index contributed by atoms with van der Waals surface area (Å²) in [6, 6.07) is 5.27. The normalized spacial score (nSPS) is 9.53. The quantitative estimate of drug-likeness (QED) is 0.467. The van der Waals surface area contributed by atoms with Gasteiger partial charge in [-0.15, -0.1) is 12.4 Å². The van der Waals surface area contributed by atoms with Crippen LogP contribution in [0.4, 0.5) is 11.4 Å². The third-order valence-electron chi connectivity index (χ3n) is 2.36. The fraction of sp³-hybridized carbons (Fsp3) is 0.455. The van der Waals surface area contributed by atoms with Crippen LogP contribution in [-0.4, -0.2) is 18.0 Å². The molecule has 0 bridgehead atoms. The SMILES string of the molecule is CCc1ccc(NCCCN)c([N+](=O)[O-])c1.Cl. The minimum absolute atomic E-state index is 0. The largest absolute Gasteiger partial charge is 0.379 e. The van der Waals surface area contributed by atoms with Gasteiger partial charge in [-0.1, -0.05) is 13.0 Å². The molecule has 0 unspecified atom stereocenters. The zero-order chi connectivity index (χ0) is 12.0. The van der Waals surface area contributed by atoms with E-state index in [9.17, 15) is 10.1 Å². The van der Waals surface area contributed by atoms with Crippen molar-refractivity contribution in [3.05, 3.63) is 33.9 Å². The Morgan fingerprint density at radius 2 is 2.18 bits per heavy atom. The smallest absolute Gasteiger partial charge is 0.292 e. The highest BCUT2D eigenvalue weighted by Gasteiger charge is 2.13. The van der Waals surface area contributed by atoms with E-state index >= 15 is 0 Å². The molecule has 6 heteroatoms. The van der Waals surface area contributed by atoms with Crippen LogP contribution in [0.3, 0.4) is 0 Å². The van der Waals surface area contributed by atoms with Gasteiger partial charge in [-0.25, -0.2) is 0 Å². The highest BCUT2D eigenvalue weighted by atomic mass is 35.5. The van der Waals surface area contributed by atoms with Crippen LogP contribution in [0, 0.1) is 10.1 Å². The van der Waals surface area contributed by atoms with E-state index in [1.807, 2.05) is 13.0 Å². The van der Waals surface area contributed by atoms with Crippen LogP contribution in [0.15, 0.2) is 18.2 Å². The van der Waals surface area contributed by atoms with Gasteiger partial charge in [0.1, 0.15) is 5.69 Å². The Morgan fingerprint density at radius 3 is 2.71 bits per heavy atom. The van der Waals surface area contributed by atoms with Crippen LogP contribution in [0.1, 0.15) is 18.9 Å². The molecule has 0 amide bonds. The van der Waals surface area contributed by atoms with Gasteiger partial charge in [-0.05, 0) is 31.0 Å². The zero-order valence-corrected chi connectivity index (χ0v) is 10.6. The molecular formula is C11H18ClN3O2. The molecule has 0 fully saturated rings. The summed E-state index contributed by atoms with van der Waals surface area (Å²) in [6.07, 6.45) is 1.59. The first-order chi connectivity index (χ1) is 7.69. The Kier molecular flexibility index (Phi) is 7.25. The average molecular weight is 260 g/mol. The maximum Gasteiger partial charge on any atom is 0.292 e. The highest BCUT2D eigenvalue weighted by molar-refractivity contribution is 5.85. The number of aryl methyl sites for hydroxylation is 1. The molecule has 96 valence electrons. The summed E-state index contributed by atoms with van der Waals surface area (Å²) in [5.74, 6) is 0. The maximum atomic E-state index is 10.9. The summed E-state index contributed by atoms with van der Waals surface area (Å²) in [4.78, 5) is 10.5. The van der Waals surface area contributed by atoms with E-state index in [-0.39, 0.29) is 23.0 Å². The lowest BCUT2D eigenvalue weighted by Crippen LogP contribution is -2.09. The second kappa shape index (κ2) is 7.86. The molecule has 0 aliphatic rings. The molecule has 1 aromatic carbocycles. The van der Waals surface area contributed by atoms with Crippen molar-refractivity contribution in [2.24, 2.45) is 5.73 Å². The number of benzene rings is 1. The van der Waals surface area contributed by atoms with E-state index in [1.54, 1.807) is 12.1 Å². The van der Waals surface area contributed by atoms with Crippen molar-refractivity contribution in [3.63, 3.8) is 0 Å². The van der Waals surface area contributed by atoms with Crippen LogP contribution in [-0.2, 0) is 6.42 Å². The highest BCUT2D eigenvalue weighted by Crippen LogP contribution is 2.25. The summed E-state index contributed by atoms with van der Waals surface area (Å²) in [7, 11) is 0. The Balaban J connectivity index is 0.00000256. The molecule has 0 heterocycles. The van der Waals surface area contributed by atoms with Gasteiger partial charge in [-0.2, -0.15) is 0 Å². The Labute approximate surface area is 107 Å². The van der Waals surface area contributed by atoms with Gasteiger partial charge in [0.2, 0.25) is 0 Å². The Bertz CT molecular complexity index is 372. The second-order valence-corrected chi connectivity index (χ2v) is 3.53. The molecule has 3 N–H and O–H groups in total. The van der Waals surface area contributed by atoms with E-state index < -0.39 is 0 Å². The molecule has 17 heavy (non-hydrogen) atoms. The topological polar surface area (TPSA) is 81.2 Å². The third-order valence-corrected chi connectivity index (χ3v) is 2.36. The van der Waals surface area contributed by atoms with E-state index in [1.165, 1.54) is 0 Å². The van der Waals surface area contributed by atoms with Crippen molar-refractivity contribution in [3.8, 4) is 0 Å². The molecule has 0 aliphatic heterocycles.